The summed E-state index contributed by atoms with van der Waals surface area (Å²) in [5, 5.41) is 17.9. The lowest BCUT2D eigenvalue weighted by atomic mass is 10.3. The Morgan fingerprint density at radius 1 is 1.10 bits per heavy atom. The fourth-order valence-electron chi connectivity index (χ4n) is 2.43. The van der Waals surface area contributed by atoms with Crippen LogP contribution in [0.5, 0.6) is 0 Å². The van der Waals surface area contributed by atoms with Gasteiger partial charge in [-0.15, -0.1) is 15.3 Å². The first kappa shape index (κ1) is 13.0. The molecule has 1 saturated heterocycles. The van der Waals surface area contributed by atoms with Crippen LogP contribution in [0.4, 0.5) is 5.13 Å². The molecule has 2 aromatic heterocycles. The Labute approximate surface area is 130 Å². The average Bonchev–Trinajstić information content (AvgIpc) is 3.25. The molecule has 4 rings (SSSR count). The predicted molar refractivity (Wildman–Crippen MR) is 84.7 cm³/mol. The van der Waals surface area contributed by atoms with E-state index in [9.17, 15) is 0 Å². The van der Waals surface area contributed by atoms with Crippen LogP contribution in [-0.2, 0) is 5.88 Å². The maximum Gasteiger partial charge on any atom is 0.209 e. The molecule has 21 heavy (non-hydrogen) atoms. The summed E-state index contributed by atoms with van der Waals surface area (Å²) < 4.78 is 2.88. The van der Waals surface area contributed by atoms with Crippen LogP contribution in [0.25, 0.3) is 11.0 Å². The Balaban J connectivity index is 1.47. The lowest BCUT2D eigenvalue weighted by Crippen LogP contribution is -2.17. The number of fused-ring (bicyclic) bond motifs is 1. The molecule has 108 valence electrons. The van der Waals surface area contributed by atoms with Crippen LogP contribution in [0.1, 0.15) is 12.8 Å². The number of hydrogen-bond donors (Lipinski definition) is 0. The minimum absolute atomic E-state index is 0.704. The van der Waals surface area contributed by atoms with Gasteiger partial charge in [0.05, 0.1) is 11.4 Å². The molecule has 3 heterocycles. The molecule has 1 aliphatic heterocycles. The number of rotatable bonds is 4. The average molecular weight is 318 g/mol. The van der Waals surface area contributed by atoms with Crippen LogP contribution >= 0.6 is 23.1 Å². The van der Waals surface area contributed by atoms with Gasteiger partial charge < -0.3 is 4.90 Å². The Hall–Kier alpha value is -1.67. The summed E-state index contributed by atoms with van der Waals surface area (Å²) in [6, 6.07) is 7.98. The quantitative estimate of drug-likeness (QED) is 0.689. The molecule has 3 aromatic rings. The highest BCUT2D eigenvalue weighted by Gasteiger charge is 2.17. The van der Waals surface area contributed by atoms with E-state index >= 15 is 0 Å². The van der Waals surface area contributed by atoms with Crippen molar-refractivity contribution in [3.05, 3.63) is 24.3 Å². The first-order valence-corrected chi connectivity index (χ1v) is 8.70. The van der Waals surface area contributed by atoms with Gasteiger partial charge in [0.25, 0.3) is 0 Å². The molecule has 0 spiro atoms. The van der Waals surface area contributed by atoms with Gasteiger partial charge in [-0.25, -0.2) is 4.68 Å². The molecule has 0 atom stereocenters. The largest absolute Gasteiger partial charge is 0.347 e. The highest BCUT2D eigenvalue weighted by molar-refractivity contribution is 8.00. The molecule has 0 N–H and O–H groups in total. The number of hydrogen-bond acceptors (Lipinski definition) is 7. The molecular formula is C13H14N6S2. The minimum atomic E-state index is 0.704. The molecular weight excluding hydrogens is 304 g/mol. The number of aromatic nitrogens is 5. The monoisotopic (exact) mass is 318 g/mol. The summed E-state index contributed by atoms with van der Waals surface area (Å²) in [5.74, 6) is 0.704. The molecule has 0 saturated carbocycles. The SMILES string of the molecule is c1ccc2c(c1)nnn2CSc1nnc(N2CCCC2)s1. The first-order chi connectivity index (χ1) is 10.4. The van der Waals surface area contributed by atoms with Gasteiger partial charge in [-0.3, -0.25) is 0 Å². The van der Waals surface area contributed by atoms with E-state index in [1.165, 1.54) is 12.8 Å². The van der Waals surface area contributed by atoms with E-state index in [0.29, 0.717) is 5.88 Å². The zero-order chi connectivity index (χ0) is 14.1. The Morgan fingerprint density at radius 2 is 1.95 bits per heavy atom. The van der Waals surface area contributed by atoms with Gasteiger partial charge in [-0.05, 0) is 25.0 Å². The number of para-hydroxylation sites is 1. The second-order valence-corrected chi connectivity index (χ2v) is 7.04. The molecule has 0 bridgehead atoms. The predicted octanol–water partition coefficient (Wildman–Crippen LogP) is 2.63. The van der Waals surface area contributed by atoms with Gasteiger partial charge in [0, 0.05) is 13.1 Å². The van der Waals surface area contributed by atoms with Crippen LogP contribution in [0, 0.1) is 0 Å². The molecule has 0 unspecified atom stereocenters. The van der Waals surface area contributed by atoms with Crippen LogP contribution in [0.2, 0.25) is 0 Å². The third kappa shape index (κ3) is 2.60. The highest BCUT2D eigenvalue weighted by atomic mass is 32.2. The number of benzene rings is 1. The molecule has 0 amide bonds. The Kier molecular flexibility index (Phi) is 3.48. The standard InChI is InChI=1S/C13H14N6S2/c1-2-6-11-10(5-1)14-17-19(11)9-20-13-16-15-12(21-13)18-7-3-4-8-18/h1-2,5-6H,3-4,7-9H2. The number of nitrogens with zero attached hydrogens (tertiary/aromatic N) is 6. The van der Waals surface area contributed by atoms with Crippen LogP contribution < -0.4 is 4.90 Å². The lowest BCUT2D eigenvalue weighted by Gasteiger charge is -2.10. The van der Waals surface area contributed by atoms with Crippen molar-refractivity contribution in [2.75, 3.05) is 18.0 Å². The van der Waals surface area contributed by atoms with E-state index in [4.69, 9.17) is 0 Å². The summed E-state index contributed by atoms with van der Waals surface area (Å²) in [4.78, 5) is 2.31. The molecule has 0 aliphatic carbocycles. The summed E-state index contributed by atoms with van der Waals surface area (Å²) in [7, 11) is 0. The first-order valence-electron chi connectivity index (χ1n) is 6.90. The van der Waals surface area contributed by atoms with E-state index in [2.05, 4.69) is 25.4 Å². The molecule has 0 radical (unpaired) electrons. The fourth-order valence-corrected chi connectivity index (χ4v) is 4.20. The summed E-state index contributed by atoms with van der Waals surface area (Å²) in [6.07, 6.45) is 2.51. The topological polar surface area (TPSA) is 59.7 Å². The molecule has 8 heteroatoms. The third-order valence-electron chi connectivity index (χ3n) is 3.50. The Bertz CT molecular complexity index is 746. The van der Waals surface area contributed by atoms with Crippen molar-refractivity contribution < 1.29 is 0 Å². The smallest absolute Gasteiger partial charge is 0.209 e. The summed E-state index contributed by atoms with van der Waals surface area (Å²) in [5.41, 5.74) is 1.97. The van der Waals surface area contributed by atoms with E-state index in [-0.39, 0.29) is 0 Å². The maximum absolute atomic E-state index is 4.29. The highest BCUT2D eigenvalue weighted by Crippen LogP contribution is 2.30. The summed E-state index contributed by atoms with van der Waals surface area (Å²) in [6.45, 7) is 2.21. The zero-order valence-corrected chi connectivity index (χ0v) is 13.0. The van der Waals surface area contributed by atoms with Crippen molar-refractivity contribution in [1.29, 1.82) is 0 Å². The van der Waals surface area contributed by atoms with Crippen LogP contribution in [-0.4, -0.2) is 38.3 Å². The number of anilines is 1. The molecule has 1 aromatic carbocycles. The molecule has 1 aliphatic rings. The van der Waals surface area contributed by atoms with Gasteiger partial charge in [-0.2, -0.15) is 0 Å². The Morgan fingerprint density at radius 3 is 2.86 bits per heavy atom. The van der Waals surface area contributed by atoms with Crippen molar-refractivity contribution in [2.24, 2.45) is 0 Å². The van der Waals surface area contributed by atoms with Gasteiger partial charge in [0.15, 0.2) is 4.34 Å². The van der Waals surface area contributed by atoms with E-state index in [1.807, 2.05) is 28.9 Å². The van der Waals surface area contributed by atoms with Gasteiger partial charge >= 0.3 is 0 Å². The number of thioether (sulfide) groups is 1. The molecule has 1 fully saturated rings. The van der Waals surface area contributed by atoms with Crippen LogP contribution in [0.15, 0.2) is 28.6 Å². The maximum atomic E-state index is 4.29. The normalized spacial score (nSPS) is 15.1. The fraction of sp³-hybridized carbons (Fsp3) is 0.385. The van der Waals surface area contributed by atoms with Crippen molar-refractivity contribution in [2.45, 2.75) is 23.1 Å². The van der Waals surface area contributed by atoms with E-state index in [0.717, 1.165) is 33.6 Å². The van der Waals surface area contributed by atoms with E-state index < -0.39 is 0 Å². The van der Waals surface area contributed by atoms with Crippen molar-refractivity contribution in [3.8, 4) is 0 Å². The van der Waals surface area contributed by atoms with Crippen molar-refractivity contribution >= 4 is 39.3 Å². The lowest BCUT2D eigenvalue weighted by molar-refractivity contribution is 0.722. The second-order valence-electron chi connectivity index (χ2n) is 4.90. The second kappa shape index (κ2) is 5.61. The zero-order valence-electron chi connectivity index (χ0n) is 11.3. The summed E-state index contributed by atoms with van der Waals surface area (Å²) >= 11 is 3.31. The van der Waals surface area contributed by atoms with Gasteiger partial charge in [0.1, 0.15) is 5.52 Å². The molecule has 6 nitrogen and oxygen atoms in total. The van der Waals surface area contributed by atoms with Crippen molar-refractivity contribution in [3.63, 3.8) is 0 Å². The van der Waals surface area contributed by atoms with Crippen molar-refractivity contribution in [1.82, 2.24) is 25.2 Å². The van der Waals surface area contributed by atoms with Gasteiger partial charge in [-0.1, -0.05) is 40.4 Å². The van der Waals surface area contributed by atoms with E-state index in [1.54, 1.807) is 23.1 Å². The minimum Gasteiger partial charge on any atom is -0.347 e. The third-order valence-corrected chi connectivity index (χ3v) is 5.59. The van der Waals surface area contributed by atoms with Gasteiger partial charge in [0.2, 0.25) is 5.13 Å². The van der Waals surface area contributed by atoms with Crippen LogP contribution in [0.3, 0.4) is 0 Å².